The maximum Gasteiger partial charge on any atom is 0.302 e. The molecule has 0 aliphatic heterocycles. The lowest BCUT2D eigenvalue weighted by Crippen LogP contribution is -2.37. The third-order valence-electron chi connectivity index (χ3n) is 2.40. The first-order valence-electron chi connectivity index (χ1n) is 5.27. The summed E-state index contributed by atoms with van der Waals surface area (Å²) in [4.78, 5) is 3.98. The van der Waals surface area contributed by atoms with E-state index in [2.05, 4.69) is 9.71 Å². The lowest BCUT2D eigenvalue weighted by atomic mass is 10.3. The van der Waals surface area contributed by atoms with Crippen LogP contribution in [0.25, 0.3) is 0 Å². The summed E-state index contributed by atoms with van der Waals surface area (Å²) in [6.07, 6.45) is 1.55. The molecule has 0 spiro atoms. The van der Waals surface area contributed by atoms with Crippen molar-refractivity contribution >= 4 is 16.0 Å². The van der Waals surface area contributed by atoms with Gasteiger partial charge in [0, 0.05) is 25.8 Å². The van der Waals surface area contributed by atoms with E-state index in [-0.39, 0.29) is 11.9 Å². The number of anilines is 1. The third kappa shape index (κ3) is 3.65. The quantitative estimate of drug-likeness (QED) is 0.806. The molecule has 0 saturated heterocycles. The number of pyridine rings is 1. The zero-order chi connectivity index (χ0) is 13.1. The Hall–Kier alpha value is -1.18. The summed E-state index contributed by atoms with van der Waals surface area (Å²) < 4.78 is 27.3. The predicted octanol–water partition coefficient (Wildman–Crippen LogP) is 0.537. The normalized spacial score (nSPS) is 12.1. The lowest BCUT2D eigenvalue weighted by molar-refractivity contribution is 0.414. The molecule has 0 unspecified atom stereocenters. The Morgan fingerprint density at radius 1 is 1.47 bits per heavy atom. The van der Waals surface area contributed by atoms with Crippen LogP contribution in [0, 0.1) is 0 Å². The fourth-order valence-corrected chi connectivity index (χ4v) is 2.17. The second-order valence-electron chi connectivity index (χ2n) is 3.97. The Labute approximate surface area is 102 Å². The molecule has 96 valence electrons. The molecule has 0 atom stereocenters. The Morgan fingerprint density at radius 3 is 2.53 bits per heavy atom. The van der Waals surface area contributed by atoms with Crippen LogP contribution in [-0.2, 0) is 16.8 Å². The van der Waals surface area contributed by atoms with Crippen LogP contribution in [0.1, 0.15) is 19.4 Å². The number of aromatic nitrogens is 1. The van der Waals surface area contributed by atoms with Crippen LogP contribution in [-0.4, -0.2) is 30.8 Å². The van der Waals surface area contributed by atoms with E-state index in [1.54, 1.807) is 32.2 Å². The summed E-state index contributed by atoms with van der Waals surface area (Å²) >= 11 is 0. The van der Waals surface area contributed by atoms with Gasteiger partial charge in [0.15, 0.2) is 0 Å². The number of rotatable bonds is 5. The minimum atomic E-state index is -3.54. The van der Waals surface area contributed by atoms with Gasteiger partial charge in [0.2, 0.25) is 0 Å². The SMILES string of the molecule is CC(C)N(C)S(=O)(=O)Nc1ccc(CN)cn1. The molecule has 0 amide bonds. The number of hydrogen-bond acceptors (Lipinski definition) is 4. The van der Waals surface area contributed by atoms with E-state index in [1.807, 2.05) is 0 Å². The fourth-order valence-electron chi connectivity index (χ4n) is 1.09. The molecule has 1 heterocycles. The molecule has 0 aromatic carbocycles. The zero-order valence-electron chi connectivity index (χ0n) is 10.2. The first kappa shape index (κ1) is 13.9. The molecule has 0 saturated carbocycles. The highest BCUT2D eigenvalue weighted by molar-refractivity contribution is 7.90. The first-order valence-corrected chi connectivity index (χ1v) is 6.71. The van der Waals surface area contributed by atoms with Crippen molar-refractivity contribution in [3.8, 4) is 0 Å². The van der Waals surface area contributed by atoms with E-state index >= 15 is 0 Å². The van der Waals surface area contributed by atoms with Crippen molar-refractivity contribution < 1.29 is 8.42 Å². The molecule has 3 N–H and O–H groups in total. The highest BCUT2D eigenvalue weighted by Gasteiger charge is 2.20. The van der Waals surface area contributed by atoms with Crippen molar-refractivity contribution in [2.45, 2.75) is 26.4 Å². The van der Waals surface area contributed by atoms with Crippen molar-refractivity contribution in [1.82, 2.24) is 9.29 Å². The second-order valence-corrected chi connectivity index (χ2v) is 5.70. The average molecular weight is 258 g/mol. The van der Waals surface area contributed by atoms with Gasteiger partial charge in [-0.25, -0.2) is 4.98 Å². The van der Waals surface area contributed by atoms with Crippen molar-refractivity contribution in [3.63, 3.8) is 0 Å². The van der Waals surface area contributed by atoms with Gasteiger partial charge in [0.05, 0.1) is 0 Å². The molecular formula is C10H18N4O2S. The molecule has 1 rings (SSSR count). The summed E-state index contributed by atoms with van der Waals surface area (Å²) in [5, 5.41) is 0. The van der Waals surface area contributed by atoms with Crippen molar-refractivity contribution in [1.29, 1.82) is 0 Å². The number of nitrogens with one attached hydrogen (secondary N) is 1. The molecule has 0 aliphatic carbocycles. The van der Waals surface area contributed by atoms with Crippen molar-refractivity contribution in [3.05, 3.63) is 23.9 Å². The summed E-state index contributed by atoms with van der Waals surface area (Å²) in [5.74, 6) is 0.287. The number of nitrogens with zero attached hydrogens (tertiary/aromatic N) is 2. The molecule has 7 heteroatoms. The number of nitrogens with two attached hydrogens (primary N) is 1. The maximum absolute atomic E-state index is 11.8. The minimum Gasteiger partial charge on any atom is -0.326 e. The van der Waals surface area contributed by atoms with E-state index in [1.165, 1.54) is 11.4 Å². The summed E-state index contributed by atoms with van der Waals surface area (Å²) in [6, 6.07) is 3.21. The summed E-state index contributed by atoms with van der Waals surface area (Å²) in [5.41, 5.74) is 6.28. The molecule has 0 bridgehead atoms. The van der Waals surface area contributed by atoms with Crippen LogP contribution in [0.5, 0.6) is 0 Å². The zero-order valence-corrected chi connectivity index (χ0v) is 11.0. The van der Waals surface area contributed by atoms with Gasteiger partial charge in [-0.2, -0.15) is 12.7 Å². The summed E-state index contributed by atoms with van der Waals surface area (Å²) in [6.45, 7) is 3.97. The molecule has 1 aromatic heterocycles. The molecule has 17 heavy (non-hydrogen) atoms. The molecular weight excluding hydrogens is 240 g/mol. The molecule has 0 aliphatic rings. The highest BCUT2D eigenvalue weighted by atomic mass is 32.2. The van der Waals surface area contributed by atoms with E-state index in [0.717, 1.165) is 5.56 Å². The van der Waals surface area contributed by atoms with Crippen LogP contribution in [0.3, 0.4) is 0 Å². The highest BCUT2D eigenvalue weighted by Crippen LogP contribution is 2.10. The van der Waals surface area contributed by atoms with Gasteiger partial charge in [-0.1, -0.05) is 6.07 Å². The Bertz CT molecular complexity index is 456. The lowest BCUT2D eigenvalue weighted by Gasteiger charge is -2.21. The van der Waals surface area contributed by atoms with E-state index < -0.39 is 10.2 Å². The Balaban J connectivity index is 2.83. The largest absolute Gasteiger partial charge is 0.326 e. The smallest absolute Gasteiger partial charge is 0.302 e. The van der Waals surface area contributed by atoms with E-state index in [4.69, 9.17) is 5.73 Å². The average Bonchev–Trinajstić information content (AvgIpc) is 2.28. The fraction of sp³-hybridized carbons (Fsp3) is 0.500. The van der Waals surface area contributed by atoms with Gasteiger partial charge in [-0.15, -0.1) is 0 Å². The minimum absolute atomic E-state index is 0.115. The molecule has 0 fully saturated rings. The van der Waals surface area contributed by atoms with Crippen LogP contribution in [0.2, 0.25) is 0 Å². The predicted molar refractivity (Wildman–Crippen MR) is 67.6 cm³/mol. The molecule has 0 radical (unpaired) electrons. The van der Waals surface area contributed by atoms with Crippen molar-refractivity contribution in [2.24, 2.45) is 5.73 Å². The second kappa shape index (κ2) is 5.44. The van der Waals surface area contributed by atoms with Gasteiger partial charge in [-0.05, 0) is 25.5 Å². The first-order chi connectivity index (χ1) is 7.86. The molecule has 6 nitrogen and oxygen atoms in total. The van der Waals surface area contributed by atoms with Gasteiger partial charge < -0.3 is 5.73 Å². The number of hydrogen-bond donors (Lipinski definition) is 2. The topological polar surface area (TPSA) is 88.3 Å². The van der Waals surface area contributed by atoms with Crippen molar-refractivity contribution in [2.75, 3.05) is 11.8 Å². The monoisotopic (exact) mass is 258 g/mol. The molecule has 1 aromatic rings. The Morgan fingerprint density at radius 2 is 2.12 bits per heavy atom. The third-order valence-corrected chi connectivity index (χ3v) is 4.05. The van der Waals surface area contributed by atoms with Crippen LogP contribution in [0.4, 0.5) is 5.82 Å². The van der Waals surface area contributed by atoms with E-state index in [0.29, 0.717) is 6.54 Å². The van der Waals surface area contributed by atoms with Gasteiger partial charge in [0.25, 0.3) is 0 Å². The maximum atomic E-state index is 11.8. The van der Waals surface area contributed by atoms with Gasteiger partial charge in [-0.3, -0.25) is 4.72 Å². The van der Waals surface area contributed by atoms with Crippen LogP contribution < -0.4 is 10.5 Å². The van der Waals surface area contributed by atoms with Gasteiger partial charge in [0.1, 0.15) is 5.82 Å². The van der Waals surface area contributed by atoms with E-state index in [9.17, 15) is 8.42 Å². The van der Waals surface area contributed by atoms with Crippen LogP contribution >= 0.6 is 0 Å². The Kier molecular flexibility index (Phi) is 4.44. The summed E-state index contributed by atoms with van der Waals surface area (Å²) in [7, 11) is -2.03. The van der Waals surface area contributed by atoms with Gasteiger partial charge >= 0.3 is 10.2 Å². The van der Waals surface area contributed by atoms with Crippen LogP contribution in [0.15, 0.2) is 18.3 Å². The standard InChI is InChI=1S/C10H18N4O2S/c1-8(2)14(3)17(15,16)13-10-5-4-9(6-11)7-12-10/h4-5,7-8H,6,11H2,1-3H3,(H,12,13).